The molecule has 0 aliphatic heterocycles. The maximum atomic E-state index is 2.62. The van der Waals surface area contributed by atoms with Crippen LogP contribution in [0.4, 0.5) is 0 Å². The molecular weight excluding hydrogens is 697 g/mol. The zero-order valence-electron chi connectivity index (χ0n) is 33.1. The van der Waals surface area contributed by atoms with Crippen molar-refractivity contribution in [1.29, 1.82) is 0 Å². The fourth-order valence-electron chi connectivity index (χ4n) is 11.4. The van der Waals surface area contributed by atoms with Crippen molar-refractivity contribution in [2.75, 3.05) is 0 Å². The molecule has 0 unspecified atom stereocenters. The zero-order valence-corrected chi connectivity index (χ0v) is 33.1. The SMILES string of the molecule is CC(C)(C)c1ccc2ccc3c4c(cc5ccc1c2c53)C(c1ccccc1)(c1ccccc1)c1cc2c(cc1-4)C(c1ccccc1)(c1ccccc1)c1ccccc1-2. The lowest BCUT2D eigenvalue weighted by Crippen LogP contribution is -2.29. The molecule has 0 heteroatoms. The topological polar surface area (TPSA) is 0 Å². The monoisotopic (exact) mass is 738 g/mol. The predicted octanol–water partition coefficient (Wildman–Crippen LogP) is 14.6. The van der Waals surface area contributed by atoms with Gasteiger partial charge in [-0.1, -0.05) is 203 Å². The van der Waals surface area contributed by atoms with Gasteiger partial charge in [0.2, 0.25) is 0 Å². The van der Waals surface area contributed by atoms with Crippen molar-refractivity contribution in [2.24, 2.45) is 0 Å². The van der Waals surface area contributed by atoms with Gasteiger partial charge in [0.1, 0.15) is 0 Å². The second-order valence-corrected chi connectivity index (χ2v) is 17.5. The molecule has 0 saturated carbocycles. The molecule has 10 aromatic carbocycles. The number of benzene rings is 10. The highest BCUT2D eigenvalue weighted by molar-refractivity contribution is 6.27. The first-order valence-corrected chi connectivity index (χ1v) is 20.7. The summed E-state index contributed by atoms with van der Waals surface area (Å²) in [7, 11) is 0. The van der Waals surface area contributed by atoms with Crippen LogP contribution in [-0.2, 0) is 16.2 Å². The Morgan fingerprint density at radius 3 is 1.36 bits per heavy atom. The van der Waals surface area contributed by atoms with Gasteiger partial charge in [-0.15, -0.1) is 0 Å². The van der Waals surface area contributed by atoms with Crippen LogP contribution in [0.15, 0.2) is 200 Å². The van der Waals surface area contributed by atoms with E-state index in [9.17, 15) is 0 Å². The maximum absolute atomic E-state index is 2.62. The van der Waals surface area contributed by atoms with Crippen molar-refractivity contribution >= 4 is 32.3 Å². The number of rotatable bonds is 4. The minimum absolute atomic E-state index is 0.0143. The van der Waals surface area contributed by atoms with E-state index in [0.717, 1.165) is 0 Å². The normalized spacial score (nSPS) is 14.7. The molecule has 0 nitrogen and oxygen atoms in total. The Labute approximate surface area is 340 Å². The molecule has 0 N–H and O–H groups in total. The molecular formula is C58H42. The van der Waals surface area contributed by atoms with Crippen molar-refractivity contribution < 1.29 is 0 Å². The largest absolute Gasteiger partial charge is 0.0714 e. The average molecular weight is 739 g/mol. The van der Waals surface area contributed by atoms with Crippen LogP contribution in [0.3, 0.4) is 0 Å². The molecule has 274 valence electrons. The summed E-state index contributed by atoms with van der Waals surface area (Å²) >= 11 is 0. The van der Waals surface area contributed by atoms with Crippen LogP contribution < -0.4 is 0 Å². The van der Waals surface area contributed by atoms with Crippen molar-refractivity contribution in [3.05, 3.63) is 250 Å². The van der Waals surface area contributed by atoms with Crippen molar-refractivity contribution in [3.8, 4) is 22.3 Å². The molecule has 2 aliphatic carbocycles. The second kappa shape index (κ2) is 11.9. The number of hydrogen-bond acceptors (Lipinski definition) is 0. The van der Waals surface area contributed by atoms with E-state index in [1.54, 1.807) is 0 Å². The van der Waals surface area contributed by atoms with Crippen LogP contribution in [0.1, 0.15) is 70.8 Å². The van der Waals surface area contributed by atoms with Crippen LogP contribution >= 0.6 is 0 Å². The Morgan fingerprint density at radius 1 is 0.328 bits per heavy atom. The molecule has 2 aliphatic rings. The van der Waals surface area contributed by atoms with E-state index >= 15 is 0 Å². The molecule has 0 atom stereocenters. The molecule has 0 heterocycles. The van der Waals surface area contributed by atoms with E-state index in [1.165, 1.54) is 105 Å². The lowest BCUT2D eigenvalue weighted by molar-refractivity contribution is 0.596. The average Bonchev–Trinajstić information content (AvgIpc) is 3.73. The lowest BCUT2D eigenvalue weighted by Gasteiger charge is -2.35. The first kappa shape index (κ1) is 33.4. The van der Waals surface area contributed by atoms with Crippen LogP contribution in [0.25, 0.3) is 54.6 Å². The summed E-state index contributed by atoms with van der Waals surface area (Å²) < 4.78 is 0. The summed E-state index contributed by atoms with van der Waals surface area (Å²) in [5.74, 6) is 0. The molecule has 0 radical (unpaired) electrons. The summed E-state index contributed by atoms with van der Waals surface area (Å²) in [6.45, 7) is 7.02. The highest BCUT2D eigenvalue weighted by Gasteiger charge is 2.52. The fourth-order valence-corrected chi connectivity index (χ4v) is 11.4. The minimum atomic E-state index is -0.553. The quantitative estimate of drug-likeness (QED) is 0.158. The zero-order chi connectivity index (χ0) is 38.8. The van der Waals surface area contributed by atoms with E-state index in [4.69, 9.17) is 0 Å². The highest BCUT2D eigenvalue weighted by Crippen LogP contribution is 2.64. The molecule has 0 amide bonds. The van der Waals surface area contributed by atoms with Gasteiger partial charge in [-0.25, -0.2) is 0 Å². The van der Waals surface area contributed by atoms with Crippen LogP contribution in [0, 0.1) is 0 Å². The first-order valence-electron chi connectivity index (χ1n) is 20.7. The fraction of sp³-hybridized carbons (Fsp3) is 0.103. The number of hydrogen-bond donors (Lipinski definition) is 0. The molecule has 10 aromatic rings. The van der Waals surface area contributed by atoms with Gasteiger partial charge in [0.05, 0.1) is 10.8 Å². The first-order chi connectivity index (χ1) is 28.4. The van der Waals surface area contributed by atoms with E-state index in [1.807, 2.05) is 0 Å². The predicted molar refractivity (Wildman–Crippen MR) is 243 cm³/mol. The van der Waals surface area contributed by atoms with Gasteiger partial charge in [-0.2, -0.15) is 0 Å². The summed E-state index contributed by atoms with van der Waals surface area (Å²) in [5.41, 5.74) is 16.1. The van der Waals surface area contributed by atoms with Crippen LogP contribution in [-0.4, -0.2) is 0 Å². The molecule has 58 heavy (non-hydrogen) atoms. The van der Waals surface area contributed by atoms with E-state index in [-0.39, 0.29) is 5.41 Å². The van der Waals surface area contributed by atoms with Gasteiger partial charge in [-0.3, -0.25) is 0 Å². The van der Waals surface area contributed by atoms with Gasteiger partial charge < -0.3 is 0 Å². The molecule has 0 fully saturated rings. The highest BCUT2D eigenvalue weighted by atomic mass is 14.5. The molecule has 0 spiro atoms. The van der Waals surface area contributed by atoms with Crippen LogP contribution in [0.2, 0.25) is 0 Å². The summed E-state index contributed by atoms with van der Waals surface area (Å²) in [6.07, 6.45) is 0. The van der Waals surface area contributed by atoms with Crippen molar-refractivity contribution in [1.82, 2.24) is 0 Å². The minimum Gasteiger partial charge on any atom is -0.0622 e. The van der Waals surface area contributed by atoms with Gasteiger partial charge in [-0.05, 0) is 128 Å². The number of fused-ring (bicyclic) bond motifs is 7. The van der Waals surface area contributed by atoms with Crippen molar-refractivity contribution in [3.63, 3.8) is 0 Å². The molecule has 0 saturated heterocycles. The van der Waals surface area contributed by atoms with Crippen LogP contribution in [0.5, 0.6) is 0 Å². The molecule has 0 aromatic heterocycles. The van der Waals surface area contributed by atoms with Gasteiger partial charge in [0, 0.05) is 0 Å². The summed E-state index contributed by atoms with van der Waals surface area (Å²) in [4.78, 5) is 0. The smallest absolute Gasteiger partial charge is 0.0622 e. The maximum Gasteiger partial charge on any atom is 0.0714 e. The summed E-state index contributed by atoms with van der Waals surface area (Å²) in [6, 6.07) is 76.2. The third kappa shape index (κ3) is 4.20. The standard InChI is InChI=1S/C58H42/c1-56(2,3)48-33-30-37-28-32-45-54-38(29-31-44(48)53(37)54)34-52-55(45)47-36-50-46(35-51(47)58(52,41-22-12-6-13-23-41)42-24-14-7-15-25-42)43-26-16-17-27-49(43)57(50,39-18-8-4-9-19-39)40-20-10-5-11-21-40/h4-36H,1-3H3. The third-order valence-electron chi connectivity index (χ3n) is 13.7. The van der Waals surface area contributed by atoms with Crippen molar-refractivity contribution in [2.45, 2.75) is 37.0 Å². The summed E-state index contributed by atoms with van der Waals surface area (Å²) in [5, 5.41) is 8.02. The van der Waals surface area contributed by atoms with Gasteiger partial charge in [0.25, 0.3) is 0 Å². The lowest BCUT2D eigenvalue weighted by atomic mass is 9.66. The Balaban J connectivity index is 1.30. The van der Waals surface area contributed by atoms with E-state index < -0.39 is 10.8 Å². The van der Waals surface area contributed by atoms with Gasteiger partial charge >= 0.3 is 0 Å². The Morgan fingerprint density at radius 2 is 0.776 bits per heavy atom. The second-order valence-electron chi connectivity index (χ2n) is 17.5. The van der Waals surface area contributed by atoms with E-state index in [0.29, 0.717) is 0 Å². The molecule has 12 rings (SSSR count). The van der Waals surface area contributed by atoms with E-state index in [2.05, 4.69) is 221 Å². The third-order valence-corrected chi connectivity index (χ3v) is 13.7. The van der Waals surface area contributed by atoms with Gasteiger partial charge in [0.15, 0.2) is 0 Å². The Hall–Kier alpha value is -6.76. The Bertz CT molecular complexity index is 3140. The molecule has 0 bridgehead atoms. The Kier molecular flexibility index (Phi) is 6.84.